The van der Waals surface area contributed by atoms with Crippen molar-refractivity contribution in [1.82, 2.24) is 9.78 Å². The van der Waals surface area contributed by atoms with Gasteiger partial charge in [0.05, 0.1) is 16.1 Å². The fraction of sp³-hybridized carbons (Fsp3) is 0.417. The van der Waals surface area contributed by atoms with Crippen LogP contribution in [0.25, 0.3) is 0 Å². The van der Waals surface area contributed by atoms with E-state index in [9.17, 15) is 5.11 Å². The first-order valence-electron chi connectivity index (χ1n) is 5.47. The molecule has 0 fully saturated rings. The molecule has 0 saturated heterocycles. The van der Waals surface area contributed by atoms with Crippen LogP contribution in [0, 0.1) is 6.92 Å². The van der Waals surface area contributed by atoms with Crippen molar-refractivity contribution < 1.29 is 5.11 Å². The van der Waals surface area contributed by atoms with Crippen molar-refractivity contribution in [2.75, 3.05) is 0 Å². The predicted octanol–water partition coefficient (Wildman–Crippen LogP) is 3.22. The van der Waals surface area contributed by atoms with Crippen LogP contribution in [0.2, 0.25) is 0 Å². The van der Waals surface area contributed by atoms with Gasteiger partial charge >= 0.3 is 0 Å². The number of hydrogen-bond acceptors (Lipinski definition) is 3. The predicted molar refractivity (Wildman–Crippen MR) is 73.2 cm³/mol. The molecule has 3 nitrogen and oxygen atoms in total. The highest BCUT2D eigenvalue weighted by atomic mass is 79.9. The number of thiophene rings is 1. The lowest BCUT2D eigenvalue weighted by Crippen LogP contribution is -1.96. The first-order valence-corrected chi connectivity index (χ1v) is 7.08. The summed E-state index contributed by atoms with van der Waals surface area (Å²) in [7, 11) is 1.90. The zero-order valence-corrected chi connectivity index (χ0v) is 12.3. The summed E-state index contributed by atoms with van der Waals surface area (Å²) in [5.74, 6) is 0. The van der Waals surface area contributed by atoms with Crippen molar-refractivity contribution in [3.05, 3.63) is 38.3 Å². The van der Waals surface area contributed by atoms with Crippen LogP contribution in [0.1, 0.15) is 28.5 Å². The Morgan fingerprint density at radius 2 is 2.35 bits per heavy atom. The first kappa shape index (κ1) is 12.8. The average Bonchev–Trinajstić information content (AvgIpc) is 2.83. The number of rotatable bonds is 4. The molecule has 0 saturated carbocycles. The fourth-order valence-corrected chi connectivity index (χ4v) is 3.29. The van der Waals surface area contributed by atoms with Crippen molar-refractivity contribution in [2.45, 2.75) is 25.9 Å². The van der Waals surface area contributed by atoms with Gasteiger partial charge < -0.3 is 5.11 Å². The van der Waals surface area contributed by atoms with Gasteiger partial charge in [0.25, 0.3) is 0 Å². The molecule has 0 aliphatic rings. The lowest BCUT2D eigenvalue weighted by molar-refractivity contribution is 0.171. The fourth-order valence-electron chi connectivity index (χ4n) is 1.69. The smallest absolute Gasteiger partial charge is 0.0885 e. The van der Waals surface area contributed by atoms with E-state index < -0.39 is 0 Å². The maximum Gasteiger partial charge on any atom is 0.0885 e. The van der Waals surface area contributed by atoms with Crippen LogP contribution in [0.4, 0.5) is 0 Å². The molecule has 1 atom stereocenters. The molecule has 0 amide bonds. The molecule has 0 aliphatic carbocycles. The minimum atomic E-state index is -0.384. The van der Waals surface area contributed by atoms with Crippen LogP contribution < -0.4 is 0 Å². The number of aliphatic hydroxyl groups is 1. The Labute approximate surface area is 113 Å². The van der Waals surface area contributed by atoms with Gasteiger partial charge in [-0.05, 0) is 52.9 Å². The molecule has 2 aromatic rings. The van der Waals surface area contributed by atoms with Gasteiger partial charge in [-0.15, -0.1) is 11.3 Å². The van der Waals surface area contributed by atoms with E-state index in [1.54, 1.807) is 16.0 Å². The van der Waals surface area contributed by atoms with Crippen molar-refractivity contribution in [2.24, 2.45) is 7.05 Å². The summed E-state index contributed by atoms with van der Waals surface area (Å²) in [6.07, 6.45) is 5.04. The lowest BCUT2D eigenvalue weighted by Gasteiger charge is -2.06. The highest BCUT2D eigenvalue weighted by Crippen LogP contribution is 2.33. The largest absolute Gasteiger partial charge is 0.388 e. The maximum atomic E-state index is 10.1. The molecule has 1 N–H and O–H groups in total. The monoisotopic (exact) mass is 314 g/mol. The molecule has 0 aromatic carbocycles. The molecule has 0 bridgehead atoms. The van der Waals surface area contributed by atoms with Crippen LogP contribution in [-0.2, 0) is 13.5 Å². The van der Waals surface area contributed by atoms with Gasteiger partial charge in [-0.1, -0.05) is 0 Å². The molecule has 0 radical (unpaired) electrons. The molecule has 5 heteroatoms. The van der Waals surface area contributed by atoms with Crippen molar-refractivity contribution in [1.29, 1.82) is 0 Å². The van der Waals surface area contributed by atoms with Crippen molar-refractivity contribution in [3.63, 3.8) is 0 Å². The number of aryl methyl sites for hydroxylation is 3. The van der Waals surface area contributed by atoms with Gasteiger partial charge in [-0.3, -0.25) is 4.68 Å². The molecular weight excluding hydrogens is 300 g/mol. The Hall–Kier alpha value is -0.650. The van der Waals surface area contributed by atoms with Crippen LogP contribution in [-0.4, -0.2) is 14.9 Å². The molecule has 0 aliphatic heterocycles. The third kappa shape index (κ3) is 3.18. The lowest BCUT2D eigenvalue weighted by atomic mass is 10.1. The Kier molecular flexibility index (Phi) is 4.01. The molecule has 2 aromatic heterocycles. The van der Waals surface area contributed by atoms with Gasteiger partial charge in [0.2, 0.25) is 0 Å². The van der Waals surface area contributed by atoms with E-state index in [1.807, 2.05) is 32.4 Å². The van der Waals surface area contributed by atoms with Gasteiger partial charge in [-0.25, -0.2) is 0 Å². The number of aliphatic hydroxyl groups excluding tert-OH is 1. The summed E-state index contributed by atoms with van der Waals surface area (Å²) >= 11 is 5.09. The molecule has 92 valence electrons. The van der Waals surface area contributed by atoms with Gasteiger partial charge in [0.15, 0.2) is 0 Å². The topological polar surface area (TPSA) is 38.1 Å². The zero-order valence-electron chi connectivity index (χ0n) is 9.85. The van der Waals surface area contributed by atoms with Crippen molar-refractivity contribution >= 4 is 27.3 Å². The number of aromatic nitrogens is 2. The Bertz CT molecular complexity index is 487. The second kappa shape index (κ2) is 5.33. The first-order chi connectivity index (χ1) is 8.06. The van der Waals surface area contributed by atoms with Crippen LogP contribution in [0.3, 0.4) is 0 Å². The van der Waals surface area contributed by atoms with E-state index in [1.165, 1.54) is 11.1 Å². The number of hydrogen-bond donors (Lipinski definition) is 1. The zero-order chi connectivity index (χ0) is 12.4. The molecule has 1 unspecified atom stereocenters. The third-order valence-electron chi connectivity index (χ3n) is 2.67. The van der Waals surface area contributed by atoms with E-state index >= 15 is 0 Å². The summed E-state index contributed by atoms with van der Waals surface area (Å²) in [5, 5.41) is 14.2. The summed E-state index contributed by atoms with van der Waals surface area (Å²) in [6, 6.07) is 2.04. The molecule has 0 spiro atoms. The molecule has 2 rings (SSSR count). The van der Waals surface area contributed by atoms with Crippen molar-refractivity contribution in [3.8, 4) is 0 Å². The standard InChI is InChI=1S/C12H15BrN2OS/c1-8-5-11(17-12(8)13)10(16)4-3-9-6-14-15(2)7-9/h5-7,10,16H,3-4H2,1-2H3. The number of nitrogens with zero attached hydrogens (tertiary/aromatic N) is 2. The third-order valence-corrected chi connectivity index (χ3v) is 4.91. The molecule has 2 heterocycles. The van der Waals surface area contributed by atoms with E-state index in [0.29, 0.717) is 0 Å². The maximum absolute atomic E-state index is 10.1. The van der Waals surface area contributed by atoms with Gasteiger partial charge in [0, 0.05) is 18.1 Å². The molecule has 17 heavy (non-hydrogen) atoms. The quantitative estimate of drug-likeness (QED) is 0.941. The Morgan fingerprint density at radius 1 is 1.59 bits per heavy atom. The van der Waals surface area contributed by atoms with Crippen LogP contribution in [0.15, 0.2) is 22.2 Å². The highest BCUT2D eigenvalue weighted by Gasteiger charge is 2.12. The van der Waals surface area contributed by atoms with E-state index in [4.69, 9.17) is 0 Å². The Morgan fingerprint density at radius 3 is 2.88 bits per heavy atom. The summed E-state index contributed by atoms with van der Waals surface area (Å²) in [4.78, 5) is 1.03. The normalized spacial score (nSPS) is 12.9. The van der Waals surface area contributed by atoms with Crippen LogP contribution in [0.5, 0.6) is 0 Å². The van der Waals surface area contributed by atoms with E-state index in [-0.39, 0.29) is 6.10 Å². The second-order valence-electron chi connectivity index (χ2n) is 4.18. The summed E-state index contributed by atoms with van der Waals surface area (Å²) < 4.78 is 2.89. The Balaban J connectivity index is 1.95. The average molecular weight is 315 g/mol. The van der Waals surface area contributed by atoms with Crippen LogP contribution >= 0.6 is 27.3 Å². The number of halogens is 1. The molecular formula is C12H15BrN2OS. The highest BCUT2D eigenvalue weighted by molar-refractivity contribution is 9.11. The summed E-state index contributed by atoms with van der Waals surface area (Å²) in [6.45, 7) is 2.04. The minimum Gasteiger partial charge on any atom is -0.388 e. The van der Waals surface area contributed by atoms with E-state index in [0.717, 1.165) is 21.5 Å². The summed E-state index contributed by atoms with van der Waals surface area (Å²) in [5.41, 5.74) is 2.35. The second-order valence-corrected chi connectivity index (χ2v) is 6.58. The minimum absolute atomic E-state index is 0.384. The SMILES string of the molecule is Cc1cc(C(O)CCc2cnn(C)c2)sc1Br. The van der Waals surface area contributed by atoms with Gasteiger partial charge in [0.1, 0.15) is 0 Å². The van der Waals surface area contributed by atoms with E-state index in [2.05, 4.69) is 21.0 Å². The van der Waals surface area contributed by atoms with Gasteiger partial charge in [-0.2, -0.15) is 5.10 Å².